The molecule has 5 heteroatoms. The van der Waals surface area contributed by atoms with Crippen molar-refractivity contribution < 1.29 is 14.3 Å². The van der Waals surface area contributed by atoms with Gasteiger partial charge in [-0.3, -0.25) is 4.79 Å². The number of benzene rings is 1. The molecule has 0 aliphatic carbocycles. The lowest BCUT2D eigenvalue weighted by atomic mass is 9.96. The van der Waals surface area contributed by atoms with Crippen LogP contribution in [0.2, 0.25) is 0 Å². The zero-order valence-electron chi connectivity index (χ0n) is 12.6. The standard InChI is InChI=1S/C16H22N2O3/c1-11-8-17-9-13(11)16(19)18(2)10-12-3-4-14-15(7-12)21-6-5-20-14/h3-4,7,11,13,17H,5-6,8-10H2,1-2H3. The molecule has 0 bridgehead atoms. The first kappa shape index (κ1) is 14.2. The van der Waals surface area contributed by atoms with Gasteiger partial charge < -0.3 is 19.7 Å². The van der Waals surface area contributed by atoms with Crippen molar-refractivity contribution in [1.82, 2.24) is 10.2 Å². The van der Waals surface area contributed by atoms with Gasteiger partial charge in [0.05, 0.1) is 5.92 Å². The van der Waals surface area contributed by atoms with Crippen molar-refractivity contribution in [3.8, 4) is 11.5 Å². The fourth-order valence-electron chi connectivity index (χ4n) is 2.96. The van der Waals surface area contributed by atoms with Gasteiger partial charge in [-0.25, -0.2) is 0 Å². The number of rotatable bonds is 3. The third-order valence-electron chi connectivity index (χ3n) is 4.24. The highest BCUT2D eigenvalue weighted by Gasteiger charge is 2.31. The van der Waals surface area contributed by atoms with E-state index in [-0.39, 0.29) is 11.8 Å². The van der Waals surface area contributed by atoms with E-state index in [0.29, 0.717) is 25.7 Å². The predicted molar refractivity (Wildman–Crippen MR) is 79.4 cm³/mol. The summed E-state index contributed by atoms with van der Waals surface area (Å²) in [7, 11) is 1.87. The number of carbonyl (C=O) groups is 1. The van der Waals surface area contributed by atoms with Gasteiger partial charge in [-0.1, -0.05) is 13.0 Å². The van der Waals surface area contributed by atoms with E-state index < -0.39 is 0 Å². The Labute approximate surface area is 125 Å². The Hall–Kier alpha value is -1.75. The van der Waals surface area contributed by atoms with Crippen LogP contribution in [0.25, 0.3) is 0 Å². The molecular formula is C16H22N2O3. The lowest BCUT2D eigenvalue weighted by Crippen LogP contribution is -2.35. The molecule has 1 aromatic rings. The number of nitrogens with zero attached hydrogens (tertiary/aromatic N) is 1. The molecule has 1 aromatic carbocycles. The van der Waals surface area contributed by atoms with E-state index in [0.717, 1.165) is 30.2 Å². The first-order valence-corrected chi connectivity index (χ1v) is 7.49. The molecular weight excluding hydrogens is 268 g/mol. The van der Waals surface area contributed by atoms with E-state index in [1.54, 1.807) is 4.90 Å². The lowest BCUT2D eigenvalue weighted by Gasteiger charge is -2.24. The molecule has 2 aliphatic rings. The lowest BCUT2D eigenvalue weighted by molar-refractivity contribution is -0.135. The fraction of sp³-hybridized carbons (Fsp3) is 0.562. The number of ether oxygens (including phenoxy) is 2. The van der Waals surface area contributed by atoms with Crippen LogP contribution in [0.4, 0.5) is 0 Å². The zero-order chi connectivity index (χ0) is 14.8. The molecule has 2 aliphatic heterocycles. The molecule has 2 unspecified atom stereocenters. The summed E-state index contributed by atoms with van der Waals surface area (Å²) >= 11 is 0. The molecule has 0 saturated carbocycles. The van der Waals surface area contributed by atoms with Crippen LogP contribution in [0, 0.1) is 11.8 Å². The highest BCUT2D eigenvalue weighted by molar-refractivity contribution is 5.79. The molecule has 1 N–H and O–H groups in total. The highest BCUT2D eigenvalue weighted by Crippen LogP contribution is 2.31. The van der Waals surface area contributed by atoms with Crippen LogP contribution in [0.3, 0.4) is 0 Å². The second-order valence-electron chi connectivity index (χ2n) is 5.91. The summed E-state index contributed by atoms with van der Waals surface area (Å²) in [5.41, 5.74) is 1.06. The molecule has 5 nitrogen and oxygen atoms in total. The molecule has 0 aromatic heterocycles. The first-order chi connectivity index (χ1) is 10.1. The average molecular weight is 290 g/mol. The minimum atomic E-state index is 0.0900. The van der Waals surface area contributed by atoms with Gasteiger partial charge in [0.15, 0.2) is 11.5 Å². The Morgan fingerprint density at radius 1 is 1.29 bits per heavy atom. The van der Waals surface area contributed by atoms with Gasteiger partial charge in [0.25, 0.3) is 0 Å². The summed E-state index contributed by atoms with van der Waals surface area (Å²) in [6, 6.07) is 5.88. The summed E-state index contributed by atoms with van der Waals surface area (Å²) in [6.45, 7) is 5.60. The molecule has 0 radical (unpaired) electrons. The minimum Gasteiger partial charge on any atom is -0.486 e. The first-order valence-electron chi connectivity index (χ1n) is 7.49. The van der Waals surface area contributed by atoms with Crippen LogP contribution in [0.15, 0.2) is 18.2 Å². The summed E-state index contributed by atoms with van der Waals surface area (Å²) in [5.74, 6) is 2.26. The van der Waals surface area contributed by atoms with Gasteiger partial charge in [0.1, 0.15) is 13.2 Å². The van der Waals surface area contributed by atoms with Gasteiger partial charge in [-0.15, -0.1) is 0 Å². The van der Waals surface area contributed by atoms with Gasteiger partial charge in [0.2, 0.25) is 5.91 Å². The van der Waals surface area contributed by atoms with E-state index in [2.05, 4.69) is 12.2 Å². The van der Waals surface area contributed by atoms with Crippen LogP contribution < -0.4 is 14.8 Å². The molecule has 21 heavy (non-hydrogen) atoms. The van der Waals surface area contributed by atoms with Gasteiger partial charge >= 0.3 is 0 Å². The number of amides is 1. The van der Waals surface area contributed by atoms with Crippen molar-refractivity contribution in [3.63, 3.8) is 0 Å². The van der Waals surface area contributed by atoms with Crippen molar-refractivity contribution in [2.45, 2.75) is 13.5 Å². The molecule has 114 valence electrons. The van der Waals surface area contributed by atoms with Gasteiger partial charge in [-0.2, -0.15) is 0 Å². The zero-order valence-corrected chi connectivity index (χ0v) is 12.6. The van der Waals surface area contributed by atoms with E-state index in [1.807, 2.05) is 25.2 Å². The van der Waals surface area contributed by atoms with Gasteiger partial charge in [-0.05, 0) is 30.2 Å². The maximum absolute atomic E-state index is 12.5. The largest absolute Gasteiger partial charge is 0.486 e. The van der Waals surface area contributed by atoms with Crippen LogP contribution in [-0.4, -0.2) is 44.2 Å². The second-order valence-corrected chi connectivity index (χ2v) is 5.91. The van der Waals surface area contributed by atoms with E-state index in [1.165, 1.54) is 0 Å². The molecule has 1 saturated heterocycles. The molecule has 3 rings (SSSR count). The number of fused-ring (bicyclic) bond motifs is 1. The topological polar surface area (TPSA) is 50.8 Å². The molecule has 2 atom stereocenters. The van der Waals surface area contributed by atoms with Crippen molar-refractivity contribution in [2.24, 2.45) is 11.8 Å². The van der Waals surface area contributed by atoms with Crippen LogP contribution in [0.1, 0.15) is 12.5 Å². The Balaban J connectivity index is 1.67. The predicted octanol–water partition coefficient (Wildman–Crippen LogP) is 1.27. The van der Waals surface area contributed by atoms with Crippen molar-refractivity contribution in [3.05, 3.63) is 23.8 Å². The van der Waals surface area contributed by atoms with Crippen LogP contribution in [-0.2, 0) is 11.3 Å². The number of hydrogen-bond acceptors (Lipinski definition) is 4. The minimum absolute atomic E-state index is 0.0900. The van der Waals surface area contributed by atoms with Crippen LogP contribution >= 0.6 is 0 Å². The third kappa shape index (κ3) is 2.97. The highest BCUT2D eigenvalue weighted by atomic mass is 16.6. The quantitative estimate of drug-likeness (QED) is 0.911. The summed E-state index contributed by atoms with van der Waals surface area (Å²) < 4.78 is 11.1. The van der Waals surface area contributed by atoms with E-state index in [4.69, 9.17) is 9.47 Å². The summed E-state index contributed by atoms with van der Waals surface area (Å²) in [4.78, 5) is 14.3. The number of hydrogen-bond donors (Lipinski definition) is 1. The summed E-state index contributed by atoms with van der Waals surface area (Å²) in [5, 5.41) is 3.28. The Bertz CT molecular complexity index is 532. The Morgan fingerprint density at radius 3 is 2.76 bits per heavy atom. The number of carbonyl (C=O) groups excluding carboxylic acids is 1. The fourth-order valence-corrected chi connectivity index (χ4v) is 2.96. The van der Waals surface area contributed by atoms with E-state index in [9.17, 15) is 4.79 Å². The molecule has 2 heterocycles. The van der Waals surface area contributed by atoms with Crippen molar-refractivity contribution in [1.29, 1.82) is 0 Å². The van der Waals surface area contributed by atoms with Gasteiger partial charge in [0, 0.05) is 20.1 Å². The van der Waals surface area contributed by atoms with Crippen LogP contribution in [0.5, 0.6) is 11.5 Å². The Kier molecular flexibility index (Phi) is 4.01. The number of nitrogens with one attached hydrogen (secondary N) is 1. The summed E-state index contributed by atoms with van der Waals surface area (Å²) in [6.07, 6.45) is 0. The van der Waals surface area contributed by atoms with E-state index >= 15 is 0 Å². The Morgan fingerprint density at radius 2 is 2.05 bits per heavy atom. The monoisotopic (exact) mass is 290 g/mol. The van der Waals surface area contributed by atoms with Crippen molar-refractivity contribution in [2.75, 3.05) is 33.4 Å². The average Bonchev–Trinajstić information content (AvgIpc) is 2.92. The maximum Gasteiger partial charge on any atom is 0.227 e. The normalized spacial score (nSPS) is 23.9. The molecule has 0 spiro atoms. The van der Waals surface area contributed by atoms with Crippen molar-refractivity contribution >= 4 is 5.91 Å². The second kappa shape index (κ2) is 5.93. The third-order valence-corrected chi connectivity index (χ3v) is 4.24. The molecule has 1 fully saturated rings. The smallest absolute Gasteiger partial charge is 0.227 e. The SMILES string of the molecule is CC1CNCC1C(=O)N(C)Cc1ccc2c(c1)OCCO2. The molecule has 1 amide bonds. The maximum atomic E-state index is 12.5.